The normalized spacial score (nSPS) is 18.6. The molecule has 0 saturated carbocycles. The van der Waals surface area contributed by atoms with Gasteiger partial charge in [-0.15, -0.1) is 0 Å². The lowest BCUT2D eigenvalue weighted by atomic mass is 9.87. The number of imidazole rings is 1. The minimum atomic E-state index is -0.000489. The zero-order valence-corrected chi connectivity index (χ0v) is 10.9. The summed E-state index contributed by atoms with van der Waals surface area (Å²) in [6.45, 7) is 5.90. The van der Waals surface area contributed by atoms with Crippen LogP contribution < -0.4 is 5.73 Å². The number of rotatable bonds is 2. The number of nitrogens with zero attached hydrogens (tertiary/aromatic N) is 2. The maximum absolute atomic E-state index is 9.42. The number of aliphatic hydroxyl groups excluding tert-OH is 1. The number of aryl methyl sites for hydroxylation is 1. The van der Waals surface area contributed by atoms with Crippen LogP contribution in [-0.4, -0.2) is 14.7 Å². The third kappa shape index (κ3) is 1.42. The molecule has 2 aromatic rings. The second-order valence-corrected chi connectivity index (χ2v) is 5.17. The fraction of sp³-hybridized carbons (Fsp3) is 0.500. The second kappa shape index (κ2) is 4.07. The van der Waals surface area contributed by atoms with E-state index in [1.807, 2.05) is 0 Å². The molecule has 0 bridgehead atoms. The molecule has 0 radical (unpaired) electrons. The minimum absolute atomic E-state index is 0.000489. The molecule has 18 heavy (non-hydrogen) atoms. The van der Waals surface area contributed by atoms with Gasteiger partial charge in [-0.1, -0.05) is 6.92 Å². The number of hydrogen-bond acceptors (Lipinski definition) is 3. The van der Waals surface area contributed by atoms with E-state index >= 15 is 0 Å². The van der Waals surface area contributed by atoms with Crippen molar-refractivity contribution in [3.63, 3.8) is 0 Å². The molecule has 96 valence electrons. The van der Waals surface area contributed by atoms with Gasteiger partial charge in [0.2, 0.25) is 0 Å². The van der Waals surface area contributed by atoms with E-state index in [1.165, 1.54) is 22.2 Å². The summed E-state index contributed by atoms with van der Waals surface area (Å²) in [5, 5.41) is 9.42. The fourth-order valence-corrected chi connectivity index (χ4v) is 3.17. The first-order valence-corrected chi connectivity index (χ1v) is 6.49. The average Bonchev–Trinajstić information content (AvgIpc) is 2.73. The minimum Gasteiger partial charge on any atom is -0.388 e. The van der Waals surface area contributed by atoms with Crippen LogP contribution in [0.4, 0.5) is 0 Å². The molecule has 0 amide bonds. The smallest absolute Gasteiger partial charge is 0.135 e. The predicted octanol–water partition coefficient (Wildman–Crippen LogP) is 1.80. The van der Waals surface area contributed by atoms with E-state index in [0.29, 0.717) is 12.5 Å². The fourth-order valence-electron chi connectivity index (χ4n) is 3.17. The quantitative estimate of drug-likeness (QED) is 0.848. The Hall–Kier alpha value is -1.39. The van der Waals surface area contributed by atoms with Crippen LogP contribution in [0.3, 0.4) is 0 Å². The van der Waals surface area contributed by atoms with Crippen molar-refractivity contribution in [2.24, 2.45) is 5.73 Å². The van der Waals surface area contributed by atoms with Gasteiger partial charge in [-0.3, -0.25) is 0 Å². The molecule has 0 fully saturated rings. The zero-order chi connectivity index (χ0) is 12.9. The van der Waals surface area contributed by atoms with Crippen LogP contribution in [0.5, 0.6) is 0 Å². The van der Waals surface area contributed by atoms with E-state index < -0.39 is 0 Å². The molecule has 4 heteroatoms. The number of nitrogens with two attached hydrogens (primary N) is 1. The van der Waals surface area contributed by atoms with Gasteiger partial charge in [-0.25, -0.2) is 4.98 Å². The van der Waals surface area contributed by atoms with Gasteiger partial charge in [-0.2, -0.15) is 0 Å². The Morgan fingerprint density at radius 2 is 2.33 bits per heavy atom. The van der Waals surface area contributed by atoms with Gasteiger partial charge < -0.3 is 15.4 Å². The summed E-state index contributed by atoms with van der Waals surface area (Å²) in [6, 6.07) is 2.07. The Balaban J connectivity index is 2.42. The molecular weight excluding hydrogens is 226 g/mol. The first kappa shape index (κ1) is 11.7. The molecule has 1 aliphatic rings. The van der Waals surface area contributed by atoms with Crippen molar-refractivity contribution in [1.82, 2.24) is 9.55 Å². The van der Waals surface area contributed by atoms with Gasteiger partial charge in [0.05, 0.1) is 11.0 Å². The lowest BCUT2D eigenvalue weighted by Crippen LogP contribution is -2.15. The van der Waals surface area contributed by atoms with E-state index in [9.17, 15) is 5.11 Å². The van der Waals surface area contributed by atoms with E-state index in [0.717, 1.165) is 24.3 Å². The highest BCUT2D eigenvalue weighted by Crippen LogP contribution is 2.37. The molecule has 1 aromatic heterocycles. The molecule has 0 aliphatic carbocycles. The van der Waals surface area contributed by atoms with Crippen molar-refractivity contribution in [2.45, 2.75) is 45.9 Å². The van der Waals surface area contributed by atoms with Gasteiger partial charge in [0.15, 0.2) is 0 Å². The van der Waals surface area contributed by atoms with Crippen LogP contribution in [-0.2, 0) is 19.7 Å². The number of aliphatic hydroxyl groups is 1. The van der Waals surface area contributed by atoms with Gasteiger partial charge >= 0.3 is 0 Å². The highest BCUT2D eigenvalue weighted by atomic mass is 16.3. The van der Waals surface area contributed by atoms with Crippen LogP contribution in [0.15, 0.2) is 6.07 Å². The summed E-state index contributed by atoms with van der Waals surface area (Å²) in [5.41, 5.74) is 11.8. The summed E-state index contributed by atoms with van der Waals surface area (Å²) in [5.74, 6) is 1.31. The predicted molar refractivity (Wildman–Crippen MR) is 71.3 cm³/mol. The average molecular weight is 245 g/mol. The van der Waals surface area contributed by atoms with Crippen molar-refractivity contribution < 1.29 is 5.11 Å². The van der Waals surface area contributed by atoms with Crippen molar-refractivity contribution in [3.8, 4) is 0 Å². The largest absolute Gasteiger partial charge is 0.388 e. The van der Waals surface area contributed by atoms with Crippen LogP contribution >= 0.6 is 0 Å². The Labute approximate surface area is 106 Å². The Bertz CT molecular complexity index is 615. The lowest BCUT2D eigenvalue weighted by Gasteiger charge is -2.25. The van der Waals surface area contributed by atoms with Crippen LogP contribution in [0.1, 0.15) is 41.8 Å². The monoisotopic (exact) mass is 245 g/mol. The van der Waals surface area contributed by atoms with Gasteiger partial charge in [0, 0.05) is 13.1 Å². The number of hydrogen-bond donors (Lipinski definition) is 2. The van der Waals surface area contributed by atoms with Crippen LogP contribution in [0.25, 0.3) is 11.0 Å². The third-order valence-electron chi connectivity index (χ3n) is 4.17. The molecule has 1 unspecified atom stereocenters. The highest BCUT2D eigenvalue weighted by molar-refractivity contribution is 5.83. The maximum Gasteiger partial charge on any atom is 0.135 e. The first-order valence-electron chi connectivity index (χ1n) is 6.49. The molecule has 3 rings (SSSR count). The first-order chi connectivity index (χ1) is 8.67. The van der Waals surface area contributed by atoms with Gasteiger partial charge in [0.1, 0.15) is 12.4 Å². The van der Waals surface area contributed by atoms with Crippen molar-refractivity contribution >= 4 is 11.0 Å². The molecule has 1 atom stereocenters. The van der Waals surface area contributed by atoms with Crippen molar-refractivity contribution in [1.29, 1.82) is 0 Å². The second-order valence-electron chi connectivity index (χ2n) is 5.17. The van der Waals surface area contributed by atoms with E-state index in [-0.39, 0.29) is 6.61 Å². The molecule has 0 saturated heterocycles. The molecular formula is C14H19N3O. The molecule has 1 aromatic carbocycles. The lowest BCUT2D eigenvalue weighted by molar-refractivity contribution is 0.264. The van der Waals surface area contributed by atoms with E-state index in [4.69, 9.17) is 5.73 Å². The summed E-state index contributed by atoms with van der Waals surface area (Å²) >= 11 is 0. The summed E-state index contributed by atoms with van der Waals surface area (Å²) in [6.07, 6.45) is 1.10. The van der Waals surface area contributed by atoms with E-state index in [2.05, 4.69) is 29.5 Å². The Morgan fingerprint density at radius 1 is 1.56 bits per heavy atom. The summed E-state index contributed by atoms with van der Waals surface area (Å²) in [4.78, 5) is 4.54. The van der Waals surface area contributed by atoms with E-state index in [1.54, 1.807) is 0 Å². The molecule has 4 nitrogen and oxygen atoms in total. The van der Waals surface area contributed by atoms with Crippen molar-refractivity contribution in [2.75, 3.05) is 0 Å². The summed E-state index contributed by atoms with van der Waals surface area (Å²) in [7, 11) is 0. The Kier molecular flexibility index (Phi) is 2.64. The molecule has 2 heterocycles. The Morgan fingerprint density at radius 3 is 3.00 bits per heavy atom. The van der Waals surface area contributed by atoms with Crippen molar-refractivity contribution in [3.05, 3.63) is 28.6 Å². The summed E-state index contributed by atoms with van der Waals surface area (Å²) < 4.78 is 2.16. The zero-order valence-electron chi connectivity index (χ0n) is 10.9. The van der Waals surface area contributed by atoms with Gasteiger partial charge in [-0.05, 0) is 42.0 Å². The number of benzene rings is 1. The SMILES string of the molecule is Cc1c(CN)cc2nc(CO)n3c2c1C(C)CC3. The standard InChI is InChI=1S/C14H19N3O/c1-8-3-4-17-12(7-18)16-11-5-10(6-15)9(2)13(8)14(11)17/h5,8,18H,3-4,6-7,15H2,1-2H3. The van der Waals surface area contributed by atoms with Gasteiger partial charge in [0.25, 0.3) is 0 Å². The maximum atomic E-state index is 9.42. The highest BCUT2D eigenvalue weighted by Gasteiger charge is 2.25. The van der Waals surface area contributed by atoms with Crippen LogP contribution in [0, 0.1) is 6.92 Å². The van der Waals surface area contributed by atoms with Crippen LogP contribution in [0.2, 0.25) is 0 Å². The molecule has 1 aliphatic heterocycles. The topological polar surface area (TPSA) is 64.1 Å². The number of aromatic nitrogens is 2. The third-order valence-corrected chi connectivity index (χ3v) is 4.17. The molecule has 3 N–H and O–H groups in total. The molecule has 0 spiro atoms.